The minimum absolute atomic E-state index is 1.01. The average Bonchev–Trinajstić information content (AvgIpc) is 3.52. The zero-order chi connectivity index (χ0) is 35.6. The molecule has 0 unspecified atom stereocenters. The Morgan fingerprint density at radius 2 is 1.00 bits per heavy atom. The van der Waals surface area contributed by atoms with Crippen LogP contribution in [-0.4, -0.2) is 9.55 Å². The first-order chi connectivity index (χ1) is 26.8. The molecule has 3 heterocycles. The first-order valence-electron chi connectivity index (χ1n) is 18.5. The number of hydrogen-bond donors (Lipinski definition) is 0. The van der Waals surface area contributed by atoms with Crippen LogP contribution in [0.4, 0.5) is 17.1 Å². The molecule has 0 saturated heterocycles. The van der Waals surface area contributed by atoms with E-state index >= 15 is 0 Å². The van der Waals surface area contributed by atoms with Crippen molar-refractivity contribution >= 4 is 49.6 Å². The van der Waals surface area contributed by atoms with E-state index in [-0.39, 0.29) is 0 Å². The fraction of sp³-hybridized carbons (Fsp3) is 0. The molecule has 0 N–H and O–H groups in total. The van der Waals surface area contributed by atoms with Crippen LogP contribution in [0.5, 0.6) is 0 Å². The maximum atomic E-state index is 4.52. The molecule has 2 aromatic heterocycles. The maximum Gasteiger partial charge on any atom is 0.0702 e. The van der Waals surface area contributed by atoms with E-state index < -0.39 is 0 Å². The normalized spacial score (nSPS) is 12.0. The predicted octanol–water partition coefficient (Wildman–Crippen LogP) is 13.8. The molecule has 3 heteroatoms. The summed E-state index contributed by atoms with van der Waals surface area (Å²) in [6.45, 7) is 0. The molecule has 0 amide bonds. The highest BCUT2D eigenvalue weighted by molar-refractivity contribution is 6.13. The summed E-state index contributed by atoms with van der Waals surface area (Å²) in [5.41, 5.74) is 16.3. The number of benzene rings is 8. The lowest BCUT2D eigenvalue weighted by molar-refractivity contribution is 1.15. The van der Waals surface area contributed by atoms with Crippen LogP contribution in [-0.2, 0) is 0 Å². The van der Waals surface area contributed by atoms with E-state index in [4.69, 9.17) is 0 Å². The third kappa shape index (κ3) is 4.72. The quantitative estimate of drug-likeness (QED) is 0.184. The Hall–Kier alpha value is -7.23. The number of para-hydroxylation sites is 3. The number of rotatable bonds is 4. The number of aromatic nitrogens is 2. The molecule has 0 bridgehead atoms. The Morgan fingerprint density at radius 3 is 1.87 bits per heavy atom. The minimum Gasteiger partial charge on any atom is -0.309 e. The molecule has 0 saturated carbocycles. The van der Waals surface area contributed by atoms with E-state index in [1.54, 1.807) is 0 Å². The second-order valence-corrected chi connectivity index (χ2v) is 14.0. The number of hydrogen-bond acceptors (Lipinski definition) is 2. The van der Waals surface area contributed by atoms with Gasteiger partial charge in [-0.3, -0.25) is 4.98 Å². The lowest BCUT2D eigenvalue weighted by Crippen LogP contribution is -2.11. The third-order valence-electron chi connectivity index (χ3n) is 10.9. The number of pyridine rings is 1. The first kappa shape index (κ1) is 30.4. The van der Waals surface area contributed by atoms with Gasteiger partial charge in [-0.15, -0.1) is 0 Å². The molecule has 1 aliphatic heterocycles. The fourth-order valence-corrected chi connectivity index (χ4v) is 8.54. The molecule has 0 radical (unpaired) electrons. The standard InChI is InChI=1S/C51H33N3/c1-2-20-41-34(13-1)14-11-27-46(41)54-48-25-7-4-22-43(48)50-42-21-3-6-24-47(42)53(49-26-8-5-23-44(49)51(50)54)40-19-10-17-37(33-40)35-15-9-16-36(31-35)38-28-29-45-39(32-38)18-12-30-52-45/h1-33H. The van der Waals surface area contributed by atoms with Crippen LogP contribution in [0.3, 0.4) is 0 Å². The second kappa shape index (κ2) is 12.2. The summed E-state index contributed by atoms with van der Waals surface area (Å²) < 4.78 is 2.50. The molecule has 252 valence electrons. The average molecular weight is 688 g/mol. The van der Waals surface area contributed by atoms with Crippen molar-refractivity contribution in [2.45, 2.75) is 0 Å². The molecule has 0 spiro atoms. The summed E-state index contributed by atoms with van der Waals surface area (Å²) in [6.07, 6.45) is 1.85. The molecule has 3 nitrogen and oxygen atoms in total. The van der Waals surface area contributed by atoms with Crippen molar-refractivity contribution in [3.63, 3.8) is 0 Å². The number of fused-ring (bicyclic) bond motifs is 9. The second-order valence-electron chi connectivity index (χ2n) is 14.0. The van der Waals surface area contributed by atoms with Crippen LogP contribution >= 0.6 is 0 Å². The molecular weight excluding hydrogens is 655 g/mol. The van der Waals surface area contributed by atoms with Crippen molar-refractivity contribution in [2.24, 2.45) is 0 Å². The van der Waals surface area contributed by atoms with E-state index in [9.17, 15) is 0 Å². The Balaban J connectivity index is 1.12. The van der Waals surface area contributed by atoms with Gasteiger partial charge in [0.25, 0.3) is 0 Å². The van der Waals surface area contributed by atoms with Gasteiger partial charge >= 0.3 is 0 Å². The fourth-order valence-electron chi connectivity index (χ4n) is 8.54. The summed E-state index contributed by atoms with van der Waals surface area (Å²) in [4.78, 5) is 6.98. The van der Waals surface area contributed by atoms with Crippen molar-refractivity contribution in [1.29, 1.82) is 0 Å². The van der Waals surface area contributed by atoms with Gasteiger partial charge in [0.15, 0.2) is 0 Å². The SMILES string of the molecule is c1cc(-c2cccc(N3c4ccccc4-c4c(n(-c5cccc6ccccc56)c5ccccc45)-c4ccccc43)c2)cc(-c2ccc3ncccc3c2)c1. The molecule has 10 aromatic rings. The van der Waals surface area contributed by atoms with E-state index in [0.29, 0.717) is 0 Å². The van der Waals surface area contributed by atoms with E-state index in [2.05, 4.69) is 203 Å². The summed E-state index contributed by atoms with van der Waals surface area (Å²) in [7, 11) is 0. The Labute approximate surface area is 313 Å². The van der Waals surface area contributed by atoms with Gasteiger partial charge in [-0.05, 0) is 88.3 Å². The Kier molecular flexibility index (Phi) is 6.86. The van der Waals surface area contributed by atoms with Gasteiger partial charge < -0.3 is 9.47 Å². The van der Waals surface area contributed by atoms with Gasteiger partial charge in [-0.1, -0.05) is 133 Å². The number of anilines is 3. The van der Waals surface area contributed by atoms with Gasteiger partial charge in [0, 0.05) is 44.7 Å². The smallest absolute Gasteiger partial charge is 0.0702 e. The molecular formula is C51H33N3. The van der Waals surface area contributed by atoms with Crippen LogP contribution in [0.1, 0.15) is 0 Å². The lowest BCUT2D eigenvalue weighted by atomic mass is 9.97. The zero-order valence-corrected chi connectivity index (χ0v) is 29.4. The highest BCUT2D eigenvalue weighted by atomic mass is 15.2. The van der Waals surface area contributed by atoms with Gasteiger partial charge in [0.05, 0.1) is 33.8 Å². The van der Waals surface area contributed by atoms with Gasteiger partial charge in [0.2, 0.25) is 0 Å². The van der Waals surface area contributed by atoms with E-state index in [1.807, 2.05) is 12.3 Å². The van der Waals surface area contributed by atoms with Crippen molar-refractivity contribution in [3.8, 4) is 50.3 Å². The van der Waals surface area contributed by atoms with Crippen molar-refractivity contribution < 1.29 is 0 Å². The molecule has 0 aliphatic carbocycles. The number of nitrogens with zero attached hydrogens (tertiary/aromatic N) is 3. The molecule has 11 rings (SSSR count). The van der Waals surface area contributed by atoms with Crippen molar-refractivity contribution in [2.75, 3.05) is 4.90 Å². The molecule has 8 aromatic carbocycles. The van der Waals surface area contributed by atoms with Crippen molar-refractivity contribution in [3.05, 3.63) is 200 Å². The van der Waals surface area contributed by atoms with Gasteiger partial charge in [-0.25, -0.2) is 0 Å². The minimum atomic E-state index is 1.01. The predicted molar refractivity (Wildman–Crippen MR) is 226 cm³/mol. The molecule has 1 aliphatic rings. The highest BCUT2D eigenvalue weighted by Crippen LogP contribution is 2.54. The van der Waals surface area contributed by atoms with E-state index in [1.165, 1.54) is 72.0 Å². The lowest BCUT2D eigenvalue weighted by Gasteiger charge is -2.28. The molecule has 0 fully saturated rings. The third-order valence-corrected chi connectivity index (χ3v) is 10.9. The van der Waals surface area contributed by atoms with Gasteiger partial charge in [-0.2, -0.15) is 0 Å². The maximum absolute atomic E-state index is 4.52. The van der Waals surface area contributed by atoms with Crippen LogP contribution in [0, 0.1) is 0 Å². The van der Waals surface area contributed by atoms with Crippen LogP contribution in [0.15, 0.2) is 200 Å². The first-order valence-corrected chi connectivity index (χ1v) is 18.5. The summed E-state index contributed by atoms with van der Waals surface area (Å²) in [6, 6.07) is 70.5. The highest BCUT2D eigenvalue weighted by Gasteiger charge is 2.31. The van der Waals surface area contributed by atoms with E-state index in [0.717, 1.165) is 28.0 Å². The van der Waals surface area contributed by atoms with Crippen LogP contribution in [0.25, 0.3) is 82.9 Å². The molecule has 54 heavy (non-hydrogen) atoms. The summed E-state index contributed by atoms with van der Waals surface area (Å²) in [5.74, 6) is 0. The largest absolute Gasteiger partial charge is 0.309 e. The topological polar surface area (TPSA) is 21.1 Å². The summed E-state index contributed by atoms with van der Waals surface area (Å²) in [5, 5.41) is 4.83. The van der Waals surface area contributed by atoms with Gasteiger partial charge in [0.1, 0.15) is 0 Å². The monoisotopic (exact) mass is 687 g/mol. The Morgan fingerprint density at radius 1 is 0.389 bits per heavy atom. The summed E-state index contributed by atoms with van der Waals surface area (Å²) >= 11 is 0. The Bertz CT molecular complexity index is 3070. The van der Waals surface area contributed by atoms with Crippen LogP contribution in [0.2, 0.25) is 0 Å². The van der Waals surface area contributed by atoms with Crippen molar-refractivity contribution in [1.82, 2.24) is 9.55 Å². The zero-order valence-electron chi connectivity index (χ0n) is 29.4. The van der Waals surface area contributed by atoms with Crippen LogP contribution < -0.4 is 4.90 Å². The molecule has 0 atom stereocenters.